The van der Waals surface area contributed by atoms with Crippen LogP contribution in [0.1, 0.15) is 26.3 Å². The first-order valence-electron chi connectivity index (χ1n) is 6.51. The van der Waals surface area contributed by atoms with Gasteiger partial charge in [0, 0.05) is 10.2 Å². The molecule has 108 valence electrons. The van der Waals surface area contributed by atoms with Crippen LogP contribution < -0.4 is 10.6 Å². The molecule has 1 rings (SSSR count). The lowest BCUT2D eigenvalue weighted by Gasteiger charge is -2.27. The molecule has 1 aromatic carbocycles. The number of anilines is 1. The Kier molecular flexibility index (Phi) is 5.58. The molecule has 5 heteroatoms. The van der Waals surface area contributed by atoms with E-state index in [4.69, 9.17) is 0 Å². The molecule has 2 N–H and O–H groups in total. The van der Waals surface area contributed by atoms with Crippen LogP contribution in [0.2, 0.25) is 0 Å². The molecule has 0 heterocycles. The highest BCUT2D eigenvalue weighted by Crippen LogP contribution is 2.23. The molecule has 0 aliphatic heterocycles. The molecule has 20 heavy (non-hydrogen) atoms. The molecule has 0 radical (unpaired) electrons. The number of amides is 1. The number of nitriles is 1. The number of benzene rings is 1. The van der Waals surface area contributed by atoms with Crippen molar-refractivity contribution >= 4 is 27.5 Å². The van der Waals surface area contributed by atoms with E-state index in [2.05, 4.69) is 32.6 Å². The van der Waals surface area contributed by atoms with Gasteiger partial charge in [-0.2, -0.15) is 5.26 Å². The molecule has 1 aromatic rings. The van der Waals surface area contributed by atoms with Gasteiger partial charge in [-0.3, -0.25) is 4.79 Å². The summed E-state index contributed by atoms with van der Waals surface area (Å²) in [6, 6.07) is 8.02. The van der Waals surface area contributed by atoms with Gasteiger partial charge in [0.05, 0.1) is 12.6 Å². The normalized spacial score (nSPS) is 13.4. The van der Waals surface area contributed by atoms with Crippen LogP contribution in [-0.4, -0.2) is 18.0 Å². The van der Waals surface area contributed by atoms with E-state index in [9.17, 15) is 10.1 Å². The molecule has 0 aromatic heterocycles. The maximum absolute atomic E-state index is 11.9. The molecule has 0 aliphatic carbocycles. The third-order valence-electron chi connectivity index (χ3n) is 3.35. The van der Waals surface area contributed by atoms with Gasteiger partial charge in [0.15, 0.2) is 0 Å². The molecule has 0 bridgehead atoms. The number of halogens is 1. The van der Waals surface area contributed by atoms with Gasteiger partial charge in [-0.05, 0) is 53.4 Å². The third kappa shape index (κ3) is 4.24. The van der Waals surface area contributed by atoms with E-state index in [0.29, 0.717) is 0 Å². The predicted molar refractivity (Wildman–Crippen MR) is 84.4 cm³/mol. The van der Waals surface area contributed by atoms with E-state index in [0.717, 1.165) is 15.7 Å². The first kappa shape index (κ1) is 16.5. The van der Waals surface area contributed by atoms with Gasteiger partial charge in [-0.1, -0.05) is 19.9 Å². The summed E-state index contributed by atoms with van der Waals surface area (Å²) in [5.74, 6) is -0.155. The molecule has 0 aliphatic rings. The van der Waals surface area contributed by atoms with Crippen molar-refractivity contribution in [3.8, 4) is 6.07 Å². The number of aryl methyl sites for hydroxylation is 1. The van der Waals surface area contributed by atoms with Gasteiger partial charge >= 0.3 is 0 Å². The number of nitrogens with one attached hydrogen (secondary N) is 2. The summed E-state index contributed by atoms with van der Waals surface area (Å²) in [5.41, 5.74) is 1.15. The minimum Gasteiger partial charge on any atom is -0.375 e. The number of hydrogen-bond acceptors (Lipinski definition) is 3. The van der Waals surface area contributed by atoms with Crippen LogP contribution in [0.4, 0.5) is 5.69 Å². The molecule has 0 fully saturated rings. The maximum atomic E-state index is 11.9. The minimum atomic E-state index is -0.844. The van der Waals surface area contributed by atoms with E-state index >= 15 is 0 Å². The predicted octanol–water partition coefficient (Wildman–Crippen LogP) is 3.22. The Morgan fingerprint density at radius 3 is 2.65 bits per heavy atom. The fourth-order valence-corrected chi connectivity index (χ4v) is 2.21. The molecule has 0 saturated heterocycles. The van der Waals surface area contributed by atoms with Crippen molar-refractivity contribution in [2.45, 2.75) is 33.2 Å². The van der Waals surface area contributed by atoms with Gasteiger partial charge in [0.2, 0.25) is 5.91 Å². The number of carbonyl (C=O) groups excluding carboxylic acids is 1. The molecule has 1 amide bonds. The Balaban J connectivity index is 2.62. The van der Waals surface area contributed by atoms with E-state index in [1.165, 1.54) is 0 Å². The second kappa shape index (κ2) is 6.76. The molecular formula is C15H20BrN3O. The highest BCUT2D eigenvalue weighted by molar-refractivity contribution is 9.10. The Morgan fingerprint density at radius 2 is 2.15 bits per heavy atom. The zero-order chi connectivity index (χ0) is 15.3. The van der Waals surface area contributed by atoms with Crippen molar-refractivity contribution in [1.29, 1.82) is 5.26 Å². The Morgan fingerprint density at radius 1 is 1.50 bits per heavy atom. The van der Waals surface area contributed by atoms with Crippen LogP contribution in [-0.2, 0) is 4.79 Å². The maximum Gasteiger partial charge on any atom is 0.240 e. The SMILES string of the molecule is Cc1ccc(NCC(=O)N[C@](C)(C#N)C(C)C)c(Br)c1. The van der Waals surface area contributed by atoms with Crippen molar-refractivity contribution < 1.29 is 4.79 Å². The third-order valence-corrected chi connectivity index (χ3v) is 4.01. The van der Waals surface area contributed by atoms with Crippen molar-refractivity contribution in [2.75, 3.05) is 11.9 Å². The fraction of sp³-hybridized carbons (Fsp3) is 0.467. The average molecular weight is 338 g/mol. The standard InChI is InChI=1S/C15H20BrN3O/c1-10(2)15(4,9-17)19-14(20)8-18-13-6-5-11(3)7-12(13)16/h5-7,10,18H,8H2,1-4H3,(H,19,20)/t15-/m1/s1. The summed E-state index contributed by atoms with van der Waals surface area (Å²) in [4.78, 5) is 11.9. The highest BCUT2D eigenvalue weighted by Gasteiger charge is 2.29. The van der Waals surface area contributed by atoms with Gasteiger partial charge in [0.25, 0.3) is 0 Å². The van der Waals surface area contributed by atoms with Crippen molar-refractivity contribution in [3.05, 3.63) is 28.2 Å². The summed E-state index contributed by atoms with van der Waals surface area (Å²) in [6.45, 7) is 7.69. The average Bonchev–Trinajstić information content (AvgIpc) is 2.37. The first-order chi connectivity index (χ1) is 9.28. The number of nitrogens with zero attached hydrogens (tertiary/aromatic N) is 1. The van der Waals surface area contributed by atoms with Gasteiger partial charge < -0.3 is 10.6 Å². The van der Waals surface area contributed by atoms with E-state index in [-0.39, 0.29) is 18.4 Å². The molecule has 0 saturated carbocycles. The minimum absolute atomic E-state index is 0.0440. The van der Waals surface area contributed by atoms with Crippen LogP contribution >= 0.6 is 15.9 Å². The summed E-state index contributed by atoms with van der Waals surface area (Å²) < 4.78 is 0.914. The zero-order valence-corrected chi connectivity index (χ0v) is 13.8. The summed E-state index contributed by atoms with van der Waals surface area (Å²) in [7, 11) is 0. The molecule has 0 spiro atoms. The molecule has 1 atom stereocenters. The lowest BCUT2D eigenvalue weighted by atomic mass is 9.90. The van der Waals surface area contributed by atoms with Crippen molar-refractivity contribution in [1.82, 2.24) is 5.32 Å². The smallest absolute Gasteiger partial charge is 0.240 e. The lowest BCUT2D eigenvalue weighted by Crippen LogP contribution is -2.50. The van der Waals surface area contributed by atoms with Crippen LogP contribution in [0.25, 0.3) is 0 Å². The van der Waals surface area contributed by atoms with E-state index in [1.54, 1.807) is 6.92 Å². The van der Waals surface area contributed by atoms with Gasteiger partial charge in [-0.15, -0.1) is 0 Å². The van der Waals surface area contributed by atoms with E-state index < -0.39 is 5.54 Å². The second-order valence-electron chi connectivity index (χ2n) is 5.35. The van der Waals surface area contributed by atoms with Crippen LogP contribution in [0.5, 0.6) is 0 Å². The van der Waals surface area contributed by atoms with Crippen LogP contribution in [0.15, 0.2) is 22.7 Å². The number of hydrogen-bond donors (Lipinski definition) is 2. The first-order valence-corrected chi connectivity index (χ1v) is 7.30. The van der Waals surface area contributed by atoms with Crippen molar-refractivity contribution in [3.63, 3.8) is 0 Å². The van der Waals surface area contributed by atoms with Crippen LogP contribution in [0, 0.1) is 24.2 Å². The Bertz CT molecular complexity index is 536. The Hall–Kier alpha value is -1.54. The monoisotopic (exact) mass is 337 g/mol. The van der Waals surface area contributed by atoms with Gasteiger partial charge in [-0.25, -0.2) is 0 Å². The topological polar surface area (TPSA) is 64.9 Å². The molecule has 0 unspecified atom stereocenters. The summed E-state index contributed by atoms with van der Waals surface area (Å²) in [5, 5.41) is 15.0. The quantitative estimate of drug-likeness (QED) is 0.866. The molecule has 4 nitrogen and oxygen atoms in total. The largest absolute Gasteiger partial charge is 0.375 e. The van der Waals surface area contributed by atoms with Crippen LogP contribution in [0.3, 0.4) is 0 Å². The fourth-order valence-electron chi connectivity index (χ4n) is 1.57. The highest BCUT2D eigenvalue weighted by atomic mass is 79.9. The number of rotatable bonds is 5. The summed E-state index contributed by atoms with van der Waals surface area (Å²) in [6.07, 6.45) is 0. The zero-order valence-electron chi connectivity index (χ0n) is 12.2. The summed E-state index contributed by atoms with van der Waals surface area (Å²) >= 11 is 3.45. The molecular weight excluding hydrogens is 318 g/mol. The lowest BCUT2D eigenvalue weighted by molar-refractivity contribution is -0.121. The van der Waals surface area contributed by atoms with Gasteiger partial charge in [0.1, 0.15) is 5.54 Å². The second-order valence-corrected chi connectivity index (χ2v) is 6.21. The van der Waals surface area contributed by atoms with Crippen molar-refractivity contribution in [2.24, 2.45) is 5.92 Å². The number of carbonyl (C=O) groups is 1. The van der Waals surface area contributed by atoms with E-state index in [1.807, 2.05) is 39.0 Å². The Labute approximate surface area is 128 Å².